The monoisotopic (exact) mass is 370 g/mol. The van der Waals surface area contributed by atoms with Crippen LogP contribution >= 0.6 is 0 Å². The van der Waals surface area contributed by atoms with E-state index >= 15 is 0 Å². The molecule has 0 saturated heterocycles. The van der Waals surface area contributed by atoms with Gasteiger partial charge in [0.05, 0.1) is 12.3 Å². The van der Waals surface area contributed by atoms with Crippen molar-refractivity contribution >= 4 is 23.2 Å². The summed E-state index contributed by atoms with van der Waals surface area (Å²) >= 11 is 0. The number of ether oxygens (including phenoxy) is 1. The Morgan fingerprint density at radius 1 is 1.22 bits per heavy atom. The number of carboxylic acid groups (broad SMARTS) is 1. The Kier molecular flexibility index (Phi) is 6.28. The zero-order valence-electron chi connectivity index (χ0n) is 15.8. The summed E-state index contributed by atoms with van der Waals surface area (Å²) in [5.74, 6) is -0.447. The molecule has 7 nitrogen and oxygen atoms in total. The van der Waals surface area contributed by atoms with Crippen LogP contribution in [0.25, 0.3) is 0 Å². The van der Waals surface area contributed by atoms with Crippen LogP contribution in [0.2, 0.25) is 0 Å². The van der Waals surface area contributed by atoms with Gasteiger partial charge in [0.2, 0.25) is 0 Å². The van der Waals surface area contributed by atoms with E-state index in [1.54, 1.807) is 43.3 Å². The van der Waals surface area contributed by atoms with E-state index in [4.69, 9.17) is 15.9 Å². The molecular weight excluding hydrogens is 344 g/mol. The van der Waals surface area contributed by atoms with Crippen molar-refractivity contribution in [2.24, 2.45) is 5.73 Å². The summed E-state index contributed by atoms with van der Waals surface area (Å²) in [4.78, 5) is 12.1. The third-order valence-electron chi connectivity index (χ3n) is 4.24. The number of rotatable bonds is 9. The van der Waals surface area contributed by atoms with Crippen molar-refractivity contribution in [2.75, 3.05) is 23.8 Å². The molecule has 6 N–H and O–H groups in total. The standard InChI is InChI=1S/C20H26N4O3/c1-4-23-16-11-8-14(12-17(16)27-5-2)20(3,19(25)26)24-15-9-6-13(7-10-15)18(21)22/h6-12,23-24H,4-5H2,1-3H3,(H3,21,22)(H,25,26). The van der Waals surface area contributed by atoms with E-state index in [1.165, 1.54) is 0 Å². The maximum atomic E-state index is 12.1. The predicted octanol–water partition coefficient (Wildman–Crippen LogP) is 3.21. The van der Waals surface area contributed by atoms with Gasteiger partial charge in [-0.05, 0) is 62.7 Å². The molecule has 1 unspecified atom stereocenters. The molecule has 0 bridgehead atoms. The third kappa shape index (κ3) is 4.49. The first-order valence-corrected chi connectivity index (χ1v) is 8.79. The first kappa shape index (κ1) is 20.1. The molecule has 27 heavy (non-hydrogen) atoms. The van der Waals surface area contributed by atoms with Gasteiger partial charge in [-0.15, -0.1) is 0 Å². The second-order valence-corrected chi connectivity index (χ2v) is 6.22. The summed E-state index contributed by atoms with van der Waals surface area (Å²) in [5, 5.41) is 23.6. The largest absolute Gasteiger partial charge is 0.492 e. The molecule has 0 fully saturated rings. The average Bonchev–Trinajstić information content (AvgIpc) is 2.63. The molecule has 0 aliphatic heterocycles. The second kappa shape index (κ2) is 8.44. The van der Waals surface area contributed by atoms with Gasteiger partial charge < -0.3 is 26.2 Å². The number of amidine groups is 1. The van der Waals surface area contributed by atoms with Crippen molar-refractivity contribution in [3.8, 4) is 5.75 Å². The molecule has 0 aliphatic rings. The molecule has 0 radical (unpaired) electrons. The van der Waals surface area contributed by atoms with Crippen molar-refractivity contribution in [1.29, 1.82) is 5.41 Å². The lowest BCUT2D eigenvalue weighted by Gasteiger charge is -2.29. The lowest BCUT2D eigenvalue weighted by atomic mass is 9.91. The number of nitrogen functional groups attached to an aromatic ring is 1. The SMILES string of the molecule is CCNc1ccc(C(C)(Nc2ccc(C(=N)N)cc2)C(=O)O)cc1OCC. The average molecular weight is 370 g/mol. The maximum absolute atomic E-state index is 12.1. The van der Waals surface area contributed by atoms with Gasteiger partial charge in [0, 0.05) is 17.8 Å². The smallest absolute Gasteiger partial charge is 0.333 e. The minimum atomic E-state index is -1.37. The van der Waals surface area contributed by atoms with Crippen molar-refractivity contribution in [1.82, 2.24) is 0 Å². The van der Waals surface area contributed by atoms with Crippen LogP contribution in [0.1, 0.15) is 31.9 Å². The molecule has 144 valence electrons. The normalized spacial score (nSPS) is 12.7. The number of nitrogens with two attached hydrogens (primary N) is 1. The molecular formula is C20H26N4O3. The lowest BCUT2D eigenvalue weighted by molar-refractivity contribution is -0.142. The first-order chi connectivity index (χ1) is 12.8. The molecule has 0 aromatic heterocycles. The number of nitrogens with one attached hydrogen (secondary N) is 3. The number of benzene rings is 2. The van der Waals surface area contributed by atoms with Crippen LogP contribution in [0.5, 0.6) is 5.75 Å². The van der Waals surface area contributed by atoms with Crippen LogP contribution in [-0.4, -0.2) is 30.1 Å². The third-order valence-corrected chi connectivity index (χ3v) is 4.24. The van der Waals surface area contributed by atoms with E-state index in [-0.39, 0.29) is 5.84 Å². The number of carboxylic acids is 1. The molecule has 0 saturated carbocycles. The number of aliphatic carboxylic acids is 1. The zero-order valence-corrected chi connectivity index (χ0v) is 15.8. The Bertz CT molecular complexity index is 820. The Labute approximate surface area is 159 Å². The van der Waals surface area contributed by atoms with Gasteiger partial charge in [0.1, 0.15) is 11.6 Å². The number of anilines is 2. The minimum Gasteiger partial charge on any atom is -0.492 e. The number of hydrogen-bond acceptors (Lipinski definition) is 5. The van der Waals surface area contributed by atoms with Crippen LogP contribution in [-0.2, 0) is 10.3 Å². The van der Waals surface area contributed by atoms with E-state index in [9.17, 15) is 9.90 Å². The highest BCUT2D eigenvalue weighted by Gasteiger charge is 2.36. The van der Waals surface area contributed by atoms with E-state index in [0.29, 0.717) is 29.2 Å². The lowest BCUT2D eigenvalue weighted by Crippen LogP contribution is -2.40. The quantitative estimate of drug-likeness (QED) is 0.341. The Balaban J connectivity index is 2.41. The van der Waals surface area contributed by atoms with Gasteiger partial charge in [-0.1, -0.05) is 6.07 Å². The summed E-state index contributed by atoms with van der Waals surface area (Å²) in [5.41, 5.74) is 6.67. The molecule has 7 heteroatoms. The predicted molar refractivity (Wildman–Crippen MR) is 108 cm³/mol. The van der Waals surface area contributed by atoms with Gasteiger partial charge in [0.25, 0.3) is 0 Å². The van der Waals surface area contributed by atoms with Crippen molar-refractivity contribution in [2.45, 2.75) is 26.3 Å². The second-order valence-electron chi connectivity index (χ2n) is 6.22. The summed E-state index contributed by atoms with van der Waals surface area (Å²) in [6, 6.07) is 12.1. The highest BCUT2D eigenvalue weighted by Crippen LogP contribution is 2.33. The van der Waals surface area contributed by atoms with Gasteiger partial charge in [-0.2, -0.15) is 0 Å². The molecule has 0 aliphatic carbocycles. The zero-order chi connectivity index (χ0) is 20.0. The molecule has 0 amide bonds. The van der Waals surface area contributed by atoms with Crippen LogP contribution in [0.15, 0.2) is 42.5 Å². The fourth-order valence-electron chi connectivity index (χ4n) is 2.72. The Morgan fingerprint density at radius 2 is 1.89 bits per heavy atom. The molecule has 1 atom stereocenters. The first-order valence-electron chi connectivity index (χ1n) is 8.79. The van der Waals surface area contributed by atoms with Crippen LogP contribution in [0, 0.1) is 5.41 Å². The van der Waals surface area contributed by atoms with E-state index in [2.05, 4.69) is 10.6 Å². The molecule has 2 rings (SSSR count). The van der Waals surface area contributed by atoms with E-state index in [0.717, 1.165) is 12.2 Å². The highest BCUT2D eigenvalue weighted by atomic mass is 16.5. The van der Waals surface area contributed by atoms with E-state index < -0.39 is 11.5 Å². The van der Waals surface area contributed by atoms with Gasteiger partial charge >= 0.3 is 5.97 Å². The maximum Gasteiger partial charge on any atom is 0.333 e. The van der Waals surface area contributed by atoms with Crippen molar-refractivity contribution in [3.63, 3.8) is 0 Å². The number of carbonyl (C=O) groups is 1. The molecule has 2 aromatic rings. The summed E-state index contributed by atoms with van der Waals surface area (Å²) in [6.07, 6.45) is 0. The topological polar surface area (TPSA) is 120 Å². The summed E-state index contributed by atoms with van der Waals surface area (Å²) in [7, 11) is 0. The van der Waals surface area contributed by atoms with E-state index in [1.807, 2.05) is 19.9 Å². The summed E-state index contributed by atoms with van der Waals surface area (Å²) < 4.78 is 5.68. The Morgan fingerprint density at radius 3 is 2.41 bits per heavy atom. The minimum absolute atomic E-state index is 0.0390. The fraction of sp³-hybridized carbons (Fsp3) is 0.300. The van der Waals surface area contributed by atoms with Gasteiger partial charge in [0.15, 0.2) is 5.54 Å². The molecule has 2 aromatic carbocycles. The van der Waals surface area contributed by atoms with Gasteiger partial charge in [-0.25, -0.2) is 4.79 Å². The highest BCUT2D eigenvalue weighted by molar-refractivity contribution is 5.95. The summed E-state index contributed by atoms with van der Waals surface area (Å²) in [6.45, 7) is 6.68. The van der Waals surface area contributed by atoms with Crippen LogP contribution < -0.4 is 21.1 Å². The van der Waals surface area contributed by atoms with Crippen LogP contribution in [0.3, 0.4) is 0 Å². The fourth-order valence-corrected chi connectivity index (χ4v) is 2.72. The Hall–Kier alpha value is -3.22. The van der Waals surface area contributed by atoms with Crippen LogP contribution in [0.4, 0.5) is 11.4 Å². The van der Waals surface area contributed by atoms with Crippen molar-refractivity contribution in [3.05, 3.63) is 53.6 Å². The molecule has 0 spiro atoms. The number of hydrogen-bond donors (Lipinski definition) is 5. The van der Waals surface area contributed by atoms with Gasteiger partial charge in [-0.3, -0.25) is 5.41 Å². The molecule has 0 heterocycles. The van der Waals surface area contributed by atoms with Crippen molar-refractivity contribution < 1.29 is 14.6 Å².